The summed E-state index contributed by atoms with van der Waals surface area (Å²) in [6.07, 6.45) is 0. The van der Waals surface area contributed by atoms with E-state index in [0.717, 1.165) is 13.2 Å². The second-order valence-electron chi connectivity index (χ2n) is 4.46. The van der Waals surface area contributed by atoms with Crippen LogP contribution in [0.2, 0.25) is 0 Å². The lowest BCUT2D eigenvalue weighted by Gasteiger charge is -2.21. The highest BCUT2D eigenvalue weighted by Crippen LogP contribution is 2.35. The molecule has 76 valence electrons. The van der Waals surface area contributed by atoms with Crippen molar-refractivity contribution in [2.75, 3.05) is 13.2 Å². The molecule has 2 rings (SSSR count). The molecule has 1 heteroatoms. The Kier molecular flexibility index (Phi) is 2.87. The van der Waals surface area contributed by atoms with Crippen LogP contribution in [0, 0.1) is 11.8 Å². The fourth-order valence-electron chi connectivity index (χ4n) is 2.27. The summed E-state index contributed by atoms with van der Waals surface area (Å²) in [7, 11) is 0. The molecule has 0 saturated carbocycles. The maximum Gasteiger partial charge on any atom is 0.0538 e. The third kappa shape index (κ3) is 1.83. The van der Waals surface area contributed by atoms with Gasteiger partial charge in [-0.3, -0.25) is 0 Å². The first-order valence-electron chi connectivity index (χ1n) is 5.41. The summed E-state index contributed by atoms with van der Waals surface area (Å²) in [6.45, 7) is 6.40. The molecule has 0 amide bonds. The molecule has 1 nitrogen and oxygen atoms in total. The second-order valence-corrected chi connectivity index (χ2v) is 4.46. The molecule has 0 bridgehead atoms. The van der Waals surface area contributed by atoms with Gasteiger partial charge in [0.15, 0.2) is 0 Å². The van der Waals surface area contributed by atoms with Gasteiger partial charge < -0.3 is 4.74 Å². The Morgan fingerprint density at radius 3 is 2.50 bits per heavy atom. The SMILES string of the molecule is CC(C)C1COCC1c1ccccc1. The van der Waals surface area contributed by atoms with E-state index in [-0.39, 0.29) is 0 Å². The lowest BCUT2D eigenvalue weighted by Crippen LogP contribution is -2.16. The van der Waals surface area contributed by atoms with Gasteiger partial charge in [-0.2, -0.15) is 0 Å². The predicted octanol–water partition coefficient (Wildman–Crippen LogP) is 3.07. The van der Waals surface area contributed by atoms with Crippen LogP contribution in [-0.2, 0) is 4.74 Å². The summed E-state index contributed by atoms with van der Waals surface area (Å²) in [6, 6.07) is 10.7. The number of hydrogen-bond acceptors (Lipinski definition) is 1. The molecule has 1 saturated heterocycles. The summed E-state index contributed by atoms with van der Waals surface area (Å²) in [5.41, 5.74) is 1.43. The van der Waals surface area contributed by atoms with E-state index in [1.165, 1.54) is 5.56 Å². The Morgan fingerprint density at radius 2 is 1.86 bits per heavy atom. The Morgan fingerprint density at radius 1 is 1.14 bits per heavy atom. The first-order chi connectivity index (χ1) is 6.79. The first-order valence-corrected chi connectivity index (χ1v) is 5.41. The van der Waals surface area contributed by atoms with Crippen molar-refractivity contribution < 1.29 is 4.74 Å². The molecular formula is C13H18O. The molecule has 0 aromatic heterocycles. The fourth-order valence-corrected chi connectivity index (χ4v) is 2.27. The van der Waals surface area contributed by atoms with Crippen molar-refractivity contribution in [3.63, 3.8) is 0 Å². The van der Waals surface area contributed by atoms with Gasteiger partial charge in [-0.05, 0) is 17.4 Å². The minimum atomic E-state index is 0.608. The minimum absolute atomic E-state index is 0.608. The highest BCUT2D eigenvalue weighted by atomic mass is 16.5. The van der Waals surface area contributed by atoms with Crippen LogP contribution in [0.1, 0.15) is 25.3 Å². The fraction of sp³-hybridized carbons (Fsp3) is 0.538. The molecule has 1 aromatic rings. The molecule has 1 aliphatic heterocycles. The minimum Gasteiger partial charge on any atom is -0.380 e. The number of rotatable bonds is 2. The zero-order valence-electron chi connectivity index (χ0n) is 8.94. The van der Waals surface area contributed by atoms with Crippen LogP contribution in [0.5, 0.6) is 0 Å². The van der Waals surface area contributed by atoms with Crippen molar-refractivity contribution in [2.45, 2.75) is 19.8 Å². The van der Waals surface area contributed by atoms with Crippen LogP contribution >= 0.6 is 0 Å². The Bertz CT molecular complexity index is 279. The van der Waals surface area contributed by atoms with E-state index in [0.29, 0.717) is 17.8 Å². The van der Waals surface area contributed by atoms with Crippen molar-refractivity contribution in [3.05, 3.63) is 35.9 Å². The highest BCUT2D eigenvalue weighted by Gasteiger charge is 2.31. The normalized spacial score (nSPS) is 27.1. The number of hydrogen-bond donors (Lipinski definition) is 0. The lowest BCUT2D eigenvalue weighted by molar-refractivity contribution is 0.176. The van der Waals surface area contributed by atoms with Crippen molar-refractivity contribution in [3.8, 4) is 0 Å². The van der Waals surface area contributed by atoms with Crippen molar-refractivity contribution in [1.82, 2.24) is 0 Å². The van der Waals surface area contributed by atoms with E-state index in [1.54, 1.807) is 0 Å². The summed E-state index contributed by atoms with van der Waals surface area (Å²) < 4.78 is 5.59. The highest BCUT2D eigenvalue weighted by molar-refractivity contribution is 5.21. The van der Waals surface area contributed by atoms with E-state index in [4.69, 9.17) is 4.74 Å². The Balaban J connectivity index is 2.18. The van der Waals surface area contributed by atoms with Gasteiger partial charge in [0.25, 0.3) is 0 Å². The molecule has 0 aliphatic carbocycles. The van der Waals surface area contributed by atoms with Crippen molar-refractivity contribution in [2.24, 2.45) is 11.8 Å². The zero-order chi connectivity index (χ0) is 9.97. The van der Waals surface area contributed by atoms with Crippen LogP contribution in [-0.4, -0.2) is 13.2 Å². The van der Waals surface area contributed by atoms with E-state index < -0.39 is 0 Å². The Hall–Kier alpha value is -0.820. The maximum atomic E-state index is 5.59. The Labute approximate surface area is 86.1 Å². The molecule has 2 unspecified atom stereocenters. The first kappa shape index (κ1) is 9.72. The van der Waals surface area contributed by atoms with E-state index in [1.807, 2.05) is 0 Å². The van der Waals surface area contributed by atoms with Gasteiger partial charge in [0.05, 0.1) is 13.2 Å². The van der Waals surface area contributed by atoms with Gasteiger partial charge in [-0.15, -0.1) is 0 Å². The molecular weight excluding hydrogens is 172 g/mol. The van der Waals surface area contributed by atoms with Crippen molar-refractivity contribution >= 4 is 0 Å². The lowest BCUT2D eigenvalue weighted by atomic mass is 9.82. The third-order valence-electron chi connectivity index (χ3n) is 3.21. The monoisotopic (exact) mass is 190 g/mol. The van der Waals surface area contributed by atoms with Crippen molar-refractivity contribution in [1.29, 1.82) is 0 Å². The van der Waals surface area contributed by atoms with Crippen LogP contribution < -0.4 is 0 Å². The molecule has 1 aliphatic rings. The largest absolute Gasteiger partial charge is 0.380 e. The molecule has 0 radical (unpaired) electrons. The van der Waals surface area contributed by atoms with Crippen LogP contribution in [0.15, 0.2) is 30.3 Å². The summed E-state index contributed by atoms with van der Waals surface area (Å²) in [5, 5.41) is 0. The summed E-state index contributed by atoms with van der Waals surface area (Å²) in [4.78, 5) is 0. The van der Waals surface area contributed by atoms with E-state index >= 15 is 0 Å². The average Bonchev–Trinajstić information content (AvgIpc) is 2.67. The number of ether oxygens (including phenoxy) is 1. The van der Waals surface area contributed by atoms with Gasteiger partial charge in [0.2, 0.25) is 0 Å². The maximum absolute atomic E-state index is 5.59. The van der Waals surface area contributed by atoms with Crippen LogP contribution in [0.3, 0.4) is 0 Å². The molecule has 2 atom stereocenters. The number of benzene rings is 1. The second kappa shape index (κ2) is 4.14. The molecule has 1 aromatic carbocycles. The quantitative estimate of drug-likeness (QED) is 0.696. The average molecular weight is 190 g/mol. The van der Waals surface area contributed by atoms with Crippen LogP contribution in [0.25, 0.3) is 0 Å². The summed E-state index contributed by atoms with van der Waals surface area (Å²) >= 11 is 0. The van der Waals surface area contributed by atoms with E-state index in [2.05, 4.69) is 44.2 Å². The third-order valence-corrected chi connectivity index (χ3v) is 3.21. The predicted molar refractivity (Wildman–Crippen MR) is 58.3 cm³/mol. The smallest absolute Gasteiger partial charge is 0.0538 e. The van der Waals surface area contributed by atoms with Gasteiger partial charge in [-0.25, -0.2) is 0 Å². The van der Waals surface area contributed by atoms with Gasteiger partial charge in [0, 0.05) is 5.92 Å². The standard InChI is InChI=1S/C13H18O/c1-10(2)12-8-14-9-13(12)11-6-4-3-5-7-11/h3-7,10,12-13H,8-9H2,1-2H3. The molecule has 0 spiro atoms. The molecule has 14 heavy (non-hydrogen) atoms. The van der Waals surface area contributed by atoms with Gasteiger partial charge in [0.1, 0.15) is 0 Å². The topological polar surface area (TPSA) is 9.23 Å². The molecule has 1 fully saturated rings. The van der Waals surface area contributed by atoms with Crippen LogP contribution in [0.4, 0.5) is 0 Å². The van der Waals surface area contributed by atoms with Gasteiger partial charge in [-0.1, -0.05) is 44.2 Å². The van der Waals surface area contributed by atoms with Gasteiger partial charge >= 0.3 is 0 Å². The molecule has 1 heterocycles. The van der Waals surface area contributed by atoms with E-state index in [9.17, 15) is 0 Å². The zero-order valence-corrected chi connectivity index (χ0v) is 8.94. The molecule has 0 N–H and O–H groups in total. The summed E-state index contributed by atoms with van der Waals surface area (Å²) in [5.74, 6) is 2.01.